The first-order valence-corrected chi connectivity index (χ1v) is 8.30. The van der Waals surface area contributed by atoms with Gasteiger partial charge in [-0.25, -0.2) is 4.79 Å². The van der Waals surface area contributed by atoms with Crippen LogP contribution in [0.25, 0.3) is 0 Å². The molecule has 2 rings (SSSR count). The van der Waals surface area contributed by atoms with Crippen LogP contribution in [0.1, 0.15) is 37.8 Å². The number of nitrogens with one attached hydrogen (secondary N) is 1. The van der Waals surface area contributed by atoms with Crippen molar-refractivity contribution in [2.24, 2.45) is 0 Å². The molecule has 1 amide bonds. The molecule has 0 aromatic heterocycles. The summed E-state index contributed by atoms with van der Waals surface area (Å²) in [6.45, 7) is 8.45. The van der Waals surface area contributed by atoms with Crippen LogP contribution in [0.4, 0.5) is 10.5 Å². The molecule has 0 saturated heterocycles. The van der Waals surface area contributed by atoms with E-state index in [0.717, 1.165) is 16.9 Å². The second-order valence-electron chi connectivity index (χ2n) is 5.77. The lowest BCUT2D eigenvalue weighted by Crippen LogP contribution is -2.17. The van der Waals surface area contributed by atoms with Crippen LogP contribution in [0.15, 0.2) is 36.4 Å². The van der Waals surface area contributed by atoms with Gasteiger partial charge in [0, 0.05) is 10.7 Å². The van der Waals surface area contributed by atoms with Gasteiger partial charge in [-0.15, -0.1) is 0 Å². The largest absolute Gasteiger partial charge is 0.494 e. The molecule has 1 N–H and O–H groups in total. The number of hydrogen-bond acceptors (Lipinski definition) is 3. The third-order valence-corrected chi connectivity index (χ3v) is 3.93. The van der Waals surface area contributed by atoms with Crippen molar-refractivity contribution in [3.8, 4) is 11.5 Å². The fourth-order valence-corrected chi connectivity index (χ4v) is 2.43. The van der Waals surface area contributed by atoms with Crippen molar-refractivity contribution in [1.29, 1.82) is 0 Å². The monoisotopic (exact) mass is 347 g/mol. The molecule has 4 nitrogen and oxygen atoms in total. The number of carbonyl (C=O) groups excluding carboxylic acids is 1. The van der Waals surface area contributed by atoms with Gasteiger partial charge in [0.2, 0.25) is 0 Å². The Kier molecular flexibility index (Phi) is 6.10. The molecule has 5 heteroatoms. The van der Waals surface area contributed by atoms with Gasteiger partial charge in [-0.2, -0.15) is 0 Å². The normalized spacial score (nSPS) is 10.6. The van der Waals surface area contributed by atoms with Gasteiger partial charge in [-0.1, -0.05) is 25.4 Å². The first-order valence-electron chi connectivity index (χ1n) is 7.92. The molecule has 0 aliphatic rings. The lowest BCUT2D eigenvalue weighted by Gasteiger charge is -2.15. The molecule has 0 aliphatic carbocycles. The minimum absolute atomic E-state index is 0.191. The maximum absolute atomic E-state index is 12.2. The number of benzene rings is 2. The van der Waals surface area contributed by atoms with Crippen molar-refractivity contribution in [3.63, 3.8) is 0 Å². The maximum atomic E-state index is 12.2. The van der Waals surface area contributed by atoms with Crippen LogP contribution in [0.3, 0.4) is 0 Å². The smallest absolute Gasteiger partial charge is 0.417 e. The maximum Gasteiger partial charge on any atom is 0.417 e. The SMILES string of the molecule is CCOc1ccc(NC(=O)Oc2cc(C)c(Cl)cc2C(C)C)cc1. The number of rotatable bonds is 5. The van der Waals surface area contributed by atoms with Crippen LogP contribution < -0.4 is 14.8 Å². The van der Waals surface area contributed by atoms with Crippen LogP contribution in [0.2, 0.25) is 5.02 Å². The number of halogens is 1. The fourth-order valence-electron chi connectivity index (χ4n) is 2.25. The van der Waals surface area contributed by atoms with E-state index in [1.807, 2.05) is 33.8 Å². The predicted molar refractivity (Wildman–Crippen MR) is 97.5 cm³/mol. The van der Waals surface area contributed by atoms with Gasteiger partial charge < -0.3 is 9.47 Å². The summed E-state index contributed by atoms with van der Waals surface area (Å²) in [6, 6.07) is 10.8. The van der Waals surface area contributed by atoms with Crippen LogP contribution in [-0.2, 0) is 0 Å². The Balaban J connectivity index is 2.10. The molecule has 0 unspecified atom stereocenters. The van der Waals surface area contributed by atoms with Crippen molar-refractivity contribution in [3.05, 3.63) is 52.5 Å². The van der Waals surface area contributed by atoms with Crippen molar-refractivity contribution < 1.29 is 14.3 Å². The number of amides is 1. The minimum atomic E-state index is -0.539. The average molecular weight is 348 g/mol. The van der Waals surface area contributed by atoms with Crippen LogP contribution in [0.5, 0.6) is 11.5 Å². The number of hydrogen-bond donors (Lipinski definition) is 1. The van der Waals surface area contributed by atoms with E-state index in [0.29, 0.717) is 23.1 Å². The predicted octanol–water partition coefficient (Wildman–Crippen LogP) is 5.78. The highest BCUT2D eigenvalue weighted by atomic mass is 35.5. The second kappa shape index (κ2) is 8.06. The standard InChI is InChI=1S/C19H22ClNO3/c1-5-23-15-8-6-14(7-9-15)21-19(22)24-18-10-13(4)17(20)11-16(18)12(2)3/h6-12H,5H2,1-4H3,(H,21,22). The lowest BCUT2D eigenvalue weighted by atomic mass is 10.0. The quantitative estimate of drug-likeness (QED) is 0.745. The van der Waals surface area contributed by atoms with Crippen LogP contribution in [-0.4, -0.2) is 12.7 Å². The van der Waals surface area contributed by atoms with E-state index >= 15 is 0 Å². The molecule has 24 heavy (non-hydrogen) atoms. The van der Waals surface area contributed by atoms with Crippen LogP contribution >= 0.6 is 11.6 Å². The molecule has 2 aromatic carbocycles. The molecule has 0 aliphatic heterocycles. The number of carbonyl (C=O) groups is 1. The van der Waals surface area contributed by atoms with E-state index in [2.05, 4.69) is 5.32 Å². The molecule has 0 saturated carbocycles. The van der Waals surface area contributed by atoms with Crippen molar-refractivity contribution in [1.82, 2.24) is 0 Å². The molecular formula is C19H22ClNO3. The summed E-state index contributed by atoms with van der Waals surface area (Å²) in [4.78, 5) is 12.2. The van der Waals surface area contributed by atoms with Crippen molar-refractivity contribution in [2.75, 3.05) is 11.9 Å². The zero-order valence-electron chi connectivity index (χ0n) is 14.4. The summed E-state index contributed by atoms with van der Waals surface area (Å²) < 4.78 is 10.9. The number of ether oxygens (including phenoxy) is 2. The second-order valence-corrected chi connectivity index (χ2v) is 6.17. The third kappa shape index (κ3) is 4.65. The molecule has 0 spiro atoms. The molecule has 0 atom stereocenters. The summed E-state index contributed by atoms with van der Waals surface area (Å²) in [7, 11) is 0. The minimum Gasteiger partial charge on any atom is -0.494 e. The van der Waals surface area contributed by atoms with E-state index in [9.17, 15) is 4.79 Å². The van der Waals surface area contributed by atoms with E-state index < -0.39 is 6.09 Å². The molecule has 128 valence electrons. The first kappa shape index (κ1) is 18.1. The summed E-state index contributed by atoms with van der Waals surface area (Å²) in [6.07, 6.45) is -0.539. The Morgan fingerprint density at radius 1 is 1.21 bits per heavy atom. The molecule has 0 bridgehead atoms. The molecule has 0 heterocycles. The summed E-state index contributed by atoms with van der Waals surface area (Å²) in [5.41, 5.74) is 2.40. The van der Waals surface area contributed by atoms with E-state index in [-0.39, 0.29) is 5.92 Å². The van der Waals surface area contributed by atoms with Gasteiger partial charge in [0.25, 0.3) is 0 Å². The zero-order chi connectivity index (χ0) is 17.7. The van der Waals surface area contributed by atoms with Gasteiger partial charge >= 0.3 is 6.09 Å². The lowest BCUT2D eigenvalue weighted by molar-refractivity contribution is 0.214. The molecule has 2 aromatic rings. The van der Waals surface area contributed by atoms with Crippen LogP contribution in [0, 0.1) is 6.92 Å². The fraction of sp³-hybridized carbons (Fsp3) is 0.316. The van der Waals surface area contributed by atoms with Crippen molar-refractivity contribution in [2.45, 2.75) is 33.6 Å². The first-order chi connectivity index (χ1) is 11.4. The van der Waals surface area contributed by atoms with Gasteiger partial charge in [0.05, 0.1) is 6.61 Å². The highest BCUT2D eigenvalue weighted by Crippen LogP contribution is 2.32. The average Bonchev–Trinajstić information content (AvgIpc) is 2.52. The van der Waals surface area contributed by atoms with Gasteiger partial charge in [-0.05, 0) is 67.3 Å². The molecule has 0 radical (unpaired) electrons. The Morgan fingerprint density at radius 2 is 1.88 bits per heavy atom. The molecule has 0 fully saturated rings. The third-order valence-electron chi connectivity index (χ3n) is 3.53. The van der Waals surface area contributed by atoms with Gasteiger partial charge in [0.1, 0.15) is 11.5 Å². The highest BCUT2D eigenvalue weighted by molar-refractivity contribution is 6.31. The summed E-state index contributed by atoms with van der Waals surface area (Å²) >= 11 is 6.17. The Labute approximate surface area is 147 Å². The Bertz CT molecular complexity index is 711. The van der Waals surface area contributed by atoms with Crippen molar-refractivity contribution >= 4 is 23.4 Å². The summed E-state index contributed by atoms with van der Waals surface area (Å²) in [5.74, 6) is 1.47. The Hall–Kier alpha value is -2.20. The number of anilines is 1. The van der Waals surface area contributed by atoms with E-state index in [1.165, 1.54) is 0 Å². The summed E-state index contributed by atoms with van der Waals surface area (Å²) in [5, 5.41) is 3.38. The zero-order valence-corrected chi connectivity index (χ0v) is 15.1. The van der Waals surface area contributed by atoms with E-state index in [1.54, 1.807) is 30.3 Å². The Morgan fingerprint density at radius 3 is 2.46 bits per heavy atom. The van der Waals surface area contributed by atoms with E-state index in [4.69, 9.17) is 21.1 Å². The topological polar surface area (TPSA) is 47.6 Å². The highest BCUT2D eigenvalue weighted by Gasteiger charge is 2.14. The molecular weight excluding hydrogens is 326 g/mol. The van der Waals surface area contributed by atoms with Gasteiger partial charge in [0.15, 0.2) is 0 Å². The van der Waals surface area contributed by atoms with Gasteiger partial charge in [-0.3, -0.25) is 5.32 Å². The number of aryl methyl sites for hydroxylation is 1.